The van der Waals surface area contributed by atoms with Crippen LogP contribution in [0.5, 0.6) is 5.75 Å². The second-order valence-electron chi connectivity index (χ2n) is 5.65. The van der Waals surface area contributed by atoms with Crippen LogP contribution in [0.4, 0.5) is 4.39 Å². The van der Waals surface area contributed by atoms with Crippen molar-refractivity contribution in [1.29, 1.82) is 0 Å². The van der Waals surface area contributed by atoms with Gasteiger partial charge in [-0.2, -0.15) is 0 Å². The molecule has 3 nitrogen and oxygen atoms in total. The van der Waals surface area contributed by atoms with Gasteiger partial charge in [0, 0.05) is 20.0 Å². The Morgan fingerprint density at radius 3 is 2.61 bits per heavy atom. The van der Waals surface area contributed by atoms with Gasteiger partial charge in [0.2, 0.25) is 5.91 Å². The third-order valence-electron chi connectivity index (χ3n) is 3.94. The van der Waals surface area contributed by atoms with Crippen LogP contribution in [0.2, 0.25) is 0 Å². The summed E-state index contributed by atoms with van der Waals surface area (Å²) in [6.07, 6.45) is 0.867. The summed E-state index contributed by atoms with van der Waals surface area (Å²) >= 11 is 0. The summed E-state index contributed by atoms with van der Waals surface area (Å²) in [4.78, 5) is 14.0. The molecule has 0 saturated carbocycles. The topological polar surface area (TPSA) is 29.5 Å². The van der Waals surface area contributed by atoms with E-state index in [0.29, 0.717) is 19.4 Å². The summed E-state index contributed by atoms with van der Waals surface area (Å²) in [5, 5.41) is 0. The fourth-order valence-electron chi connectivity index (χ4n) is 2.44. The van der Waals surface area contributed by atoms with Crippen LogP contribution in [0.15, 0.2) is 42.5 Å². The number of carbonyl (C=O) groups excluding carboxylic acids is 1. The molecule has 0 aromatic heterocycles. The maximum Gasteiger partial charge on any atom is 0.222 e. The molecule has 0 fully saturated rings. The van der Waals surface area contributed by atoms with Gasteiger partial charge in [-0.25, -0.2) is 4.39 Å². The quantitative estimate of drug-likeness (QED) is 0.813. The van der Waals surface area contributed by atoms with Crippen LogP contribution >= 0.6 is 0 Å². The van der Waals surface area contributed by atoms with E-state index >= 15 is 0 Å². The van der Waals surface area contributed by atoms with Crippen LogP contribution < -0.4 is 4.74 Å². The Bertz CT molecular complexity index is 685. The van der Waals surface area contributed by atoms with Crippen LogP contribution in [0.1, 0.15) is 23.1 Å². The number of amides is 1. The van der Waals surface area contributed by atoms with Gasteiger partial charge in [-0.05, 0) is 42.2 Å². The summed E-state index contributed by atoms with van der Waals surface area (Å²) in [5.74, 6) is -0.132. The van der Waals surface area contributed by atoms with Crippen molar-refractivity contribution in [1.82, 2.24) is 4.90 Å². The number of rotatable bonds is 6. The number of hydrogen-bond acceptors (Lipinski definition) is 2. The average Bonchev–Trinajstić information content (AvgIpc) is 2.54. The number of aryl methyl sites for hydroxylation is 2. The summed E-state index contributed by atoms with van der Waals surface area (Å²) < 4.78 is 18.5. The molecule has 0 unspecified atom stereocenters. The first kappa shape index (κ1) is 17.0. The molecule has 2 aromatic rings. The third-order valence-corrected chi connectivity index (χ3v) is 3.94. The molecule has 0 aliphatic rings. The molecular weight excluding hydrogens is 293 g/mol. The first-order chi connectivity index (χ1) is 11.0. The molecule has 0 saturated heterocycles. The summed E-state index contributed by atoms with van der Waals surface area (Å²) in [6.45, 7) is 2.62. The highest BCUT2D eigenvalue weighted by Crippen LogP contribution is 2.19. The summed E-state index contributed by atoms with van der Waals surface area (Å²) in [6, 6.07) is 12.8. The first-order valence-corrected chi connectivity index (χ1v) is 7.62. The minimum atomic E-state index is -0.397. The Balaban J connectivity index is 1.91. The number of ether oxygens (including phenoxy) is 1. The minimum absolute atomic E-state index is 0.0458. The molecule has 0 atom stereocenters. The highest BCUT2D eigenvalue weighted by atomic mass is 19.1. The zero-order chi connectivity index (χ0) is 16.8. The number of hydrogen-bond donors (Lipinski definition) is 0. The minimum Gasteiger partial charge on any atom is -0.494 e. The second-order valence-corrected chi connectivity index (χ2v) is 5.65. The van der Waals surface area contributed by atoms with Crippen molar-refractivity contribution in [3.05, 3.63) is 65.0 Å². The van der Waals surface area contributed by atoms with E-state index in [1.165, 1.54) is 18.7 Å². The Kier molecular flexibility index (Phi) is 5.74. The van der Waals surface area contributed by atoms with Crippen molar-refractivity contribution in [2.75, 3.05) is 14.2 Å². The fraction of sp³-hybridized carbons (Fsp3) is 0.316. The van der Waals surface area contributed by atoms with E-state index in [-0.39, 0.29) is 11.7 Å². The maximum atomic E-state index is 13.6. The van der Waals surface area contributed by atoms with E-state index in [1.54, 1.807) is 24.1 Å². The number of benzene rings is 2. The lowest BCUT2D eigenvalue weighted by Gasteiger charge is -2.18. The van der Waals surface area contributed by atoms with Crippen molar-refractivity contribution in [3.63, 3.8) is 0 Å². The molecule has 122 valence electrons. The standard InChI is InChI=1S/C19H22FNO2/c1-14-6-4-5-7-16(14)13-21(2)19(22)11-9-15-8-10-18(23-3)17(20)12-15/h4-8,10,12H,9,11,13H2,1-3H3. The summed E-state index contributed by atoms with van der Waals surface area (Å²) in [7, 11) is 3.23. The number of methoxy groups -OCH3 is 1. The predicted octanol–water partition coefficient (Wildman–Crippen LogP) is 3.73. The van der Waals surface area contributed by atoms with Gasteiger partial charge < -0.3 is 9.64 Å². The van der Waals surface area contributed by atoms with E-state index in [9.17, 15) is 9.18 Å². The largest absolute Gasteiger partial charge is 0.494 e. The predicted molar refractivity (Wildman–Crippen MR) is 88.9 cm³/mol. The molecule has 4 heteroatoms. The van der Waals surface area contributed by atoms with Crippen molar-refractivity contribution in [2.45, 2.75) is 26.3 Å². The van der Waals surface area contributed by atoms with Gasteiger partial charge in [0.15, 0.2) is 11.6 Å². The molecule has 0 N–H and O–H groups in total. The molecule has 0 heterocycles. The van der Waals surface area contributed by atoms with Gasteiger partial charge in [-0.1, -0.05) is 30.3 Å². The lowest BCUT2D eigenvalue weighted by Crippen LogP contribution is -2.26. The van der Waals surface area contributed by atoms with E-state index < -0.39 is 5.82 Å². The molecule has 0 spiro atoms. The zero-order valence-electron chi connectivity index (χ0n) is 13.8. The van der Waals surface area contributed by atoms with Crippen LogP contribution in [0, 0.1) is 12.7 Å². The molecule has 23 heavy (non-hydrogen) atoms. The Labute approximate surface area is 136 Å². The van der Waals surface area contributed by atoms with Crippen molar-refractivity contribution in [3.8, 4) is 5.75 Å². The molecule has 0 bridgehead atoms. The van der Waals surface area contributed by atoms with Crippen LogP contribution in [-0.2, 0) is 17.8 Å². The van der Waals surface area contributed by atoms with E-state index in [1.807, 2.05) is 31.2 Å². The molecule has 0 aliphatic carbocycles. The Morgan fingerprint density at radius 2 is 1.96 bits per heavy atom. The molecule has 1 amide bonds. The van der Waals surface area contributed by atoms with Gasteiger partial charge in [0.25, 0.3) is 0 Å². The molecule has 2 rings (SSSR count). The molecule has 0 radical (unpaired) electrons. The molecule has 2 aromatic carbocycles. The van der Waals surface area contributed by atoms with Crippen LogP contribution in [0.25, 0.3) is 0 Å². The van der Waals surface area contributed by atoms with Gasteiger partial charge in [-0.15, -0.1) is 0 Å². The number of nitrogens with zero attached hydrogens (tertiary/aromatic N) is 1. The fourth-order valence-corrected chi connectivity index (χ4v) is 2.44. The Morgan fingerprint density at radius 1 is 1.22 bits per heavy atom. The van der Waals surface area contributed by atoms with Crippen LogP contribution in [0.3, 0.4) is 0 Å². The molecule has 0 aliphatic heterocycles. The van der Waals surface area contributed by atoms with Gasteiger partial charge >= 0.3 is 0 Å². The Hall–Kier alpha value is -2.36. The highest BCUT2D eigenvalue weighted by molar-refractivity contribution is 5.76. The monoisotopic (exact) mass is 315 g/mol. The zero-order valence-corrected chi connectivity index (χ0v) is 13.8. The van der Waals surface area contributed by atoms with Gasteiger partial charge in [-0.3, -0.25) is 4.79 Å². The van der Waals surface area contributed by atoms with Crippen molar-refractivity contribution in [2.24, 2.45) is 0 Å². The maximum absolute atomic E-state index is 13.6. The smallest absolute Gasteiger partial charge is 0.222 e. The normalized spacial score (nSPS) is 10.4. The second kappa shape index (κ2) is 7.77. The lowest BCUT2D eigenvalue weighted by atomic mass is 10.1. The molecular formula is C19H22FNO2. The van der Waals surface area contributed by atoms with E-state index in [2.05, 4.69) is 0 Å². The van der Waals surface area contributed by atoms with E-state index in [0.717, 1.165) is 11.1 Å². The van der Waals surface area contributed by atoms with Gasteiger partial charge in [0.1, 0.15) is 0 Å². The average molecular weight is 315 g/mol. The highest BCUT2D eigenvalue weighted by Gasteiger charge is 2.11. The van der Waals surface area contributed by atoms with Gasteiger partial charge in [0.05, 0.1) is 7.11 Å². The van der Waals surface area contributed by atoms with Crippen LogP contribution in [-0.4, -0.2) is 25.0 Å². The third kappa shape index (κ3) is 4.55. The lowest BCUT2D eigenvalue weighted by molar-refractivity contribution is -0.130. The van der Waals surface area contributed by atoms with E-state index in [4.69, 9.17) is 4.74 Å². The summed E-state index contributed by atoms with van der Waals surface area (Å²) in [5.41, 5.74) is 3.10. The van der Waals surface area contributed by atoms with Crippen molar-refractivity contribution >= 4 is 5.91 Å². The number of carbonyl (C=O) groups is 1. The van der Waals surface area contributed by atoms with Crippen molar-refractivity contribution < 1.29 is 13.9 Å². The SMILES string of the molecule is COc1ccc(CCC(=O)N(C)Cc2ccccc2C)cc1F. The first-order valence-electron chi connectivity index (χ1n) is 7.62. The number of halogens is 1.